The van der Waals surface area contributed by atoms with Crippen molar-refractivity contribution in [2.75, 3.05) is 17.3 Å². The zero-order chi connectivity index (χ0) is 10.8. The number of hydrogen-bond donors (Lipinski definition) is 3. The molecule has 1 aromatic carbocycles. The number of aromatic amines is 1. The zero-order valence-corrected chi connectivity index (χ0v) is 9.44. The maximum Gasteiger partial charge on any atom is 0.0850 e. The smallest absolute Gasteiger partial charge is 0.0850 e. The van der Waals surface area contributed by atoms with Gasteiger partial charge in [-0.2, -0.15) is 0 Å². The van der Waals surface area contributed by atoms with Crippen molar-refractivity contribution in [3.63, 3.8) is 0 Å². The molecule has 0 spiro atoms. The quantitative estimate of drug-likeness (QED) is 0.614. The highest BCUT2D eigenvalue weighted by Crippen LogP contribution is 2.32. The van der Waals surface area contributed by atoms with E-state index in [1.54, 1.807) is 0 Å². The summed E-state index contributed by atoms with van der Waals surface area (Å²) in [5.41, 5.74) is 4.89. The van der Waals surface area contributed by atoms with E-state index < -0.39 is 0 Å². The highest BCUT2D eigenvalue weighted by Gasteiger charge is 2.11. The Kier molecular flexibility index (Phi) is 2.54. The Morgan fingerprint density at radius 2 is 1.73 bits per heavy atom. The molecule has 1 aliphatic rings. The van der Waals surface area contributed by atoms with Crippen molar-refractivity contribution in [3.8, 4) is 0 Å². The largest absolute Gasteiger partial charge is 0.366 e. The van der Waals surface area contributed by atoms with E-state index in [2.05, 4.69) is 34.7 Å². The summed E-state index contributed by atoms with van der Waals surface area (Å²) < 4.78 is 0. The molecule has 0 unspecified atom stereocenters. The van der Waals surface area contributed by atoms with Gasteiger partial charge >= 0.3 is 0 Å². The molecule has 0 aliphatic carbocycles. The number of hydrogen-bond acceptors (Lipinski definition) is 2. The predicted octanol–water partition coefficient (Wildman–Crippen LogP) is 3.30. The van der Waals surface area contributed by atoms with Crippen LogP contribution in [0.5, 0.6) is 0 Å². The summed E-state index contributed by atoms with van der Waals surface area (Å²) in [6, 6.07) is 4.34. The Bertz CT molecular complexity index is 471. The highest BCUT2D eigenvalue weighted by molar-refractivity contribution is 5.93. The van der Waals surface area contributed by atoms with Gasteiger partial charge in [0, 0.05) is 17.1 Å². The van der Waals surface area contributed by atoms with Crippen LogP contribution in [0, 0.1) is 6.92 Å². The van der Waals surface area contributed by atoms with Gasteiger partial charge in [0.15, 0.2) is 0 Å². The molecule has 1 aromatic heterocycles. The van der Waals surface area contributed by atoms with E-state index in [9.17, 15) is 0 Å². The summed E-state index contributed by atoms with van der Waals surface area (Å²) in [6.07, 6.45) is 2.04. The number of benzene rings is 1. The monoisotopic (exact) mass is 203 g/mol. The van der Waals surface area contributed by atoms with Gasteiger partial charge < -0.3 is 15.6 Å². The van der Waals surface area contributed by atoms with E-state index >= 15 is 0 Å². The fourth-order valence-electron chi connectivity index (χ4n) is 1.84. The molecule has 1 aliphatic heterocycles. The summed E-state index contributed by atoms with van der Waals surface area (Å²) in [4.78, 5) is 3.25. The van der Waals surface area contributed by atoms with Crippen molar-refractivity contribution in [2.24, 2.45) is 0 Å². The van der Waals surface area contributed by atoms with Crippen LogP contribution in [0.1, 0.15) is 19.4 Å². The van der Waals surface area contributed by atoms with Crippen molar-refractivity contribution >= 4 is 22.3 Å². The van der Waals surface area contributed by atoms with Crippen molar-refractivity contribution in [2.45, 2.75) is 20.8 Å². The van der Waals surface area contributed by atoms with E-state index in [1.165, 1.54) is 27.8 Å². The molecule has 2 heterocycles. The molecule has 0 saturated carbocycles. The number of aryl methyl sites for hydroxylation is 1. The fourth-order valence-corrected chi connectivity index (χ4v) is 1.84. The predicted molar refractivity (Wildman–Crippen MR) is 66.5 cm³/mol. The van der Waals surface area contributed by atoms with Gasteiger partial charge in [0.25, 0.3) is 0 Å². The second kappa shape index (κ2) is 3.85. The van der Waals surface area contributed by atoms with Crippen LogP contribution in [-0.4, -0.2) is 11.7 Å². The first kappa shape index (κ1) is 9.90. The molecule has 2 aromatic rings. The van der Waals surface area contributed by atoms with E-state index in [0.29, 0.717) is 0 Å². The molecule has 0 amide bonds. The molecule has 15 heavy (non-hydrogen) atoms. The fraction of sp³-hybridized carbons (Fsp3) is 0.333. The van der Waals surface area contributed by atoms with Crippen LogP contribution in [0.4, 0.5) is 11.4 Å². The number of H-pyrrole nitrogens is 1. The van der Waals surface area contributed by atoms with Gasteiger partial charge in [0.1, 0.15) is 0 Å². The summed E-state index contributed by atoms with van der Waals surface area (Å²) >= 11 is 0. The van der Waals surface area contributed by atoms with Crippen molar-refractivity contribution < 1.29 is 0 Å². The molecule has 0 saturated heterocycles. The van der Waals surface area contributed by atoms with Crippen LogP contribution in [0.2, 0.25) is 0 Å². The molecule has 3 nitrogen and oxygen atoms in total. The Labute approximate surface area is 89.9 Å². The van der Waals surface area contributed by atoms with Gasteiger partial charge in [-0.25, -0.2) is 0 Å². The van der Waals surface area contributed by atoms with E-state index in [4.69, 9.17) is 0 Å². The average molecular weight is 203 g/mol. The van der Waals surface area contributed by atoms with Gasteiger partial charge in [-0.3, -0.25) is 0 Å². The minimum atomic E-state index is 0.834. The standard InChI is InChI=1S/C10H11N3.C2H6/c1-6-4-11-8-3-10-9(2-7(6)8)12-5-13-10;1-2/h2-4,11-13H,5H2,1H3;1-2H3. The van der Waals surface area contributed by atoms with E-state index in [0.717, 1.165) is 6.67 Å². The molecular weight excluding hydrogens is 186 g/mol. The van der Waals surface area contributed by atoms with Crippen LogP contribution in [-0.2, 0) is 0 Å². The molecule has 0 radical (unpaired) electrons. The summed E-state index contributed by atoms with van der Waals surface area (Å²) in [7, 11) is 0. The Hall–Kier alpha value is -1.64. The summed E-state index contributed by atoms with van der Waals surface area (Å²) in [5.74, 6) is 0. The lowest BCUT2D eigenvalue weighted by molar-refractivity contribution is 1.31. The Morgan fingerprint density at radius 3 is 2.47 bits per heavy atom. The molecule has 3 heteroatoms. The molecule has 3 rings (SSSR count). The molecular formula is C12H17N3. The molecule has 3 N–H and O–H groups in total. The van der Waals surface area contributed by atoms with Crippen LogP contribution in [0.15, 0.2) is 18.3 Å². The first-order valence-corrected chi connectivity index (χ1v) is 5.44. The maximum absolute atomic E-state index is 3.28. The topological polar surface area (TPSA) is 39.9 Å². The number of anilines is 2. The number of aromatic nitrogens is 1. The molecule has 0 atom stereocenters. The SMILES string of the molecule is CC.Cc1c[nH]c2cc3c(cc12)NCN3. The van der Waals surface area contributed by atoms with Gasteiger partial charge in [0.2, 0.25) is 0 Å². The van der Waals surface area contributed by atoms with Gasteiger partial charge in [-0.15, -0.1) is 0 Å². The van der Waals surface area contributed by atoms with Crippen LogP contribution < -0.4 is 10.6 Å². The Morgan fingerprint density at radius 1 is 1.07 bits per heavy atom. The van der Waals surface area contributed by atoms with Gasteiger partial charge in [0.05, 0.1) is 18.0 Å². The second-order valence-electron chi connectivity index (χ2n) is 3.45. The lowest BCUT2D eigenvalue weighted by Gasteiger charge is -1.99. The molecule has 0 bridgehead atoms. The Balaban J connectivity index is 0.000000404. The average Bonchev–Trinajstić information content (AvgIpc) is 2.86. The second-order valence-corrected chi connectivity index (χ2v) is 3.45. The molecule has 80 valence electrons. The third kappa shape index (κ3) is 1.54. The minimum absolute atomic E-state index is 0.834. The lowest BCUT2D eigenvalue weighted by atomic mass is 10.1. The first-order chi connectivity index (χ1) is 7.34. The lowest BCUT2D eigenvalue weighted by Crippen LogP contribution is -1.98. The van der Waals surface area contributed by atoms with Crippen molar-refractivity contribution in [3.05, 3.63) is 23.9 Å². The zero-order valence-electron chi connectivity index (χ0n) is 9.44. The number of nitrogens with one attached hydrogen (secondary N) is 3. The van der Waals surface area contributed by atoms with Gasteiger partial charge in [-0.05, 0) is 24.6 Å². The normalized spacial score (nSPS) is 12.5. The van der Waals surface area contributed by atoms with Crippen LogP contribution >= 0.6 is 0 Å². The summed E-state index contributed by atoms with van der Waals surface area (Å²) in [6.45, 7) is 6.95. The van der Waals surface area contributed by atoms with Crippen LogP contribution in [0.3, 0.4) is 0 Å². The van der Waals surface area contributed by atoms with Crippen LogP contribution in [0.25, 0.3) is 10.9 Å². The molecule has 0 fully saturated rings. The van der Waals surface area contributed by atoms with Gasteiger partial charge in [-0.1, -0.05) is 13.8 Å². The third-order valence-electron chi connectivity index (χ3n) is 2.58. The summed E-state index contributed by atoms with van der Waals surface area (Å²) in [5, 5.41) is 7.86. The maximum atomic E-state index is 3.28. The minimum Gasteiger partial charge on any atom is -0.366 e. The number of rotatable bonds is 0. The first-order valence-electron chi connectivity index (χ1n) is 5.44. The number of fused-ring (bicyclic) bond motifs is 2. The van der Waals surface area contributed by atoms with E-state index in [-0.39, 0.29) is 0 Å². The van der Waals surface area contributed by atoms with E-state index in [1.807, 2.05) is 20.0 Å². The van der Waals surface area contributed by atoms with Crippen molar-refractivity contribution in [1.82, 2.24) is 4.98 Å². The third-order valence-corrected chi connectivity index (χ3v) is 2.58. The van der Waals surface area contributed by atoms with Crippen molar-refractivity contribution in [1.29, 1.82) is 0 Å². The highest BCUT2D eigenvalue weighted by atomic mass is 15.1.